The van der Waals surface area contributed by atoms with Crippen LogP contribution in [0, 0.1) is 13.8 Å². The molecule has 0 atom stereocenters. The molecule has 0 bridgehead atoms. The van der Waals surface area contributed by atoms with Crippen molar-refractivity contribution in [2.75, 3.05) is 0 Å². The Morgan fingerprint density at radius 2 is 1.64 bits per heavy atom. The molecule has 0 unspecified atom stereocenters. The van der Waals surface area contributed by atoms with Gasteiger partial charge in [0, 0.05) is 0 Å². The normalized spacial score (nSPS) is 9.86. The number of carboxylic acids is 2. The van der Waals surface area contributed by atoms with Gasteiger partial charge < -0.3 is 10.2 Å². The van der Waals surface area contributed by atoms with Crippen LogP contribution >= 0.6 is 0 Å². The highest BCUT2D eigenvalue weighted by molar-refractivity contribution is 5.97. The van der Waals surface area contributed by atoms with E-state index in [9.17, 15) is 9.59 Å². The van der Waals surface area contributed by atoms with Gasteiger partial charge in [-0.05, 0) is 31.0 Å². The van der Waals surface area contributed by atoms with Gasteiger partial charge in [0.2, 0.25) is 0 Å². The van der Waals surface area contributed by atoms with Gasteiger partial charge in [-0.1, -0.05) is 6.07 Å². The van der Waals surface area contributed by atoms with Gasteiger partial charge in [0.05, 0.1) is 11.1 Å². The highest BCUT2D eigenvalue weighted by atomic mass is 16.4. The van der Waals surface area contributed by atoms with Crippen molar-refractivity contribution < 1.29 is 19.8 Å². The number of carboxylic acid groups (broad SMARTS) is 2. The van der Waals surface area contributed by atoms with Crippen molar-refractivity contribution in [2.45, 2.75) is 13.8 Å². The molecule has 4 heteroatoms. The third-order valence-electron chi connectivity index (χ3n) is 2.12. The summed E-state index contributed by atoms with van der Waals surface area (Å²) in [6.45, 7) is 3.14. The molecule has 0 spiro atoms. The molecule has 74 valence electrons. The van der Waals surface area contributed by atoms with Crippen LogP contribution in [0.1, 0.15) is 31.8 Å². The third kappa shape index (κ3) is 1.59. The number of hydrogen-bond donors (Lipinski definition) is 2. The van der Waals surface area contributed by atoms with Crippen molar-refractivity contribution in [3.63, 3.8) is 0 Å². The second kappa shape index (κ2) is 3.49. The smallest absolute Gasteiger partial charge is 0.336 e. The Bertz CT molecular complexity index is 407. The predicted molar refractivity (Wildman–Crippen MR) is 49.8 cm³/mol. The van der Waals surface area contributed by atoms with Gasteiger partial charge in [0.1, 0.15) is 0 Å². The summed E-state index contributed by atoms with van der Waals surface area (Å²) in [5.41, 5.74) is 0.975. The highest BCUT2D eigenvalue weighted by Crippen LogP contribution is 2.18. The van der Waals surface area contributed by atoms with Crippen LogP contribution in [0.2, 0.25) is 0 Å². The molecule has 0 aliphatic carbocycles. The molecule has 1 rings (SSSR count). The number of rotatable bonds is 2. The monoisotopic (exact) mass is 194 g/mol. The van der Waals surface area contributed by atoms with Crippen LogP contribution in [0.15, 0.2) is 12.1 Å². The van der Waals surface area contributed by atoms with E-state index >= 15 is 0 Å². The van der Waals surface area contributed by atoms with Gasteiger partial charge in [0.15, 0.2) is 0 Å². The van der Waals surface area contributed by atoms with E-state index in [0.29, 0.717) is 11.1 Å². The molecule has 14 heavy (non-hydrogen) atoms. The Kier molecular flexibility index (Phi) is 2.56. The minimum Gasteiger partial charge on any atom is -0.478 e. The minimum absolute atomic E-state index is 0.0352. The maximum absolute atomic E-state index is 10.8. The van der Waals surface area contributed by atoms with E-state index in [1.165, 1.54) is 19.1 Å². The summed E-state index contributed by atoms with van der Waals surface area (Å²) in [5.74, 6) is -2.20. The fourth-order valence-electron chi connectivity index (χ4n) is 1.41. The molecular weight excluding hydrogens is 184 g/mol. The standard InChI is InChI=1S/C10H10O4/c1-5-3-4-7(9(11)12)6(2)8(5)10(13)14/h3-4H,1-2H3,(H,11,12)(H,13,14). The molecule has 0 saturated heterocycles. The summed E-state index contributed by atoms with van der Waals surface area (Å²) >= 11 is 0. The summed E-state index contributed by atoms with van der Waals surface area (Å²) < 4.78 is 0. The fourth-order valence-corrected chi connectivity index (χ4v) is 1.41. The first-order valence-electron chi connectivity index (χ1n) is 4.02. The Morgan fingerprint density at radius 3 is 2.07 bits per heavy atom. The zero-order valence-electron chi connectivity index (χ0n) is 7.87. The van der Waals surface area contributed by atoms with Gasteiger partial charge in [-0.2, -0.15) is 0 Å². The van der Waals surface area contributed by atoms with Crippen molar-refractivity contribution in [2.24, 2.45) is 0 Å². The zero-order valence-corrected chi connectivity index (χ0v) is 7.87. The van der Waals surface area contributed by atoms with Crippen LogP contribution in [0.4, 0.5) is 0 Å². The number of aromatic carboxylic acids is 2. The van der Waals surface area contributed by atoms with Crippen LogP contribution in [0.5, 0.6) is 0 Å². The van der Waals surface area contributed by atoms with Crippen LogP contribution in [0.3, 0.4) is 0 Å². The predicted octanol–water partition coefficient (Wildman–Crippen LogP) is 1.70. The van der Waals surface area contributed by atoms with E-state index in [0.717, 1.165) is 0 Å². The summed E-state index contributed by atoms with van der Waals surface area (Å²) in [4.78, 5) is 21.5. The maximum atomic E-state index is 10.8. The minimum atomic E-state index is -1.11. The largest absolute Gasteiger partial charge is 0.478 e. The fraction of sp³-hybridized carbons (Fsp3) is 0.200. The molecule has 0 aliphatic heterocycles. The molecule has 0 aliphatic rings. The molecule has 0 heterocycles. The lowest BCUT2D eigenvalue weighted by atomic mass is 9.98. The van der Waals surface area contributed by atoms with Crippen molar-refractivity contribution in [1.82, 2.24) is 0 Å². The maximum Gasteiger partial charge on any atom is 0.336 e. The Morgan fingerprint density at radius 1 is 1.07 bits per heavy atom. The summed E-state index contributed by atoms with van der Waals surface area (Å²) in [6, 6.07) is 2.92. The van der Waals surface area contributed by atoms with E-state index in [1.54, 1.807) is 6.92 Å². The number of benzene rings is 1. The molecule has 0 aromatic heterocycles. The van der Waals surface area contributed by atoms with E-state index in [4.69, 9.17) is 10.2 Å². The first kappa shape index (κ1) is 10.2. The van der Waals surface area contributed by atoms with Crippen molar-refractivity contribution >= 4 is 11.9 Å². The average Bonchev–Trinajstić information content (AvgIpc) is 2.02. The third-order valence-corrected chi connectivity index (χ3v) is 2.12. The van der Waals surface area contributed by atoms with Gasteiger partial charge in [-0.25, -0.2) is 9.59 Å². The number of aryl methyl sites for hydroxylation is 1. The van der Waals surface area contributed by atoms with Crippen molar-refractivity contribution in [3.05, 3.63) is 34.4 Å². The van der Waals surface area contributed by atoms with Crippen LogP contribution in [0.25, 0.3) is 0 Å². The van der Waals surface area contributed by atoms with Crippen LogP contribution < -0.4 is 0 Å². The van der Waals surface area contributed by atoms with Gasteiger partial charge in [-0.15, -0.1) is 0 Å². The lowest BCUT2D eigenvalue weighted by Crippen LogP contribution is -2.08. The second-order valence-electron chi connectivity index (χ2n) is 3.04. The molecule has 4 nitrogen and oxygen atoms in total. The Balaban J connectivity index is 3.49. The molecule has 1 aromatic carbocycles. The van der Waals surface area contributed by atoms with Crippen LogP contribution in [-0.2, 0) is 0 Å². The zero-order chi connectivity index (χ0) is 10.9. The van der Waals surface area contributed by atoms with Crippen molar-refractivity contribution in [3.8, 4) is 0 Å². The molecular formula is C10H10O4. The van der Waals surface area contributed by atoms with Gasteiger partial charge in [-0.3, -0.25) is 0 Å². The van der Waals surface area contributed by atoms with Gasteiger partial charge >= 0.3 is 11.9 Å². The number of hydrogen-bond acceptors (Lipinski definition) is 2. The summed E-state index contributed by atoms with van der Waals surface area (Å²) in [7, 11) is 0. The average molecular weight is 194 g/mol. The molecule has 1 aromatic rings. The first-order chi connectivity index (χ1) is 6.45. The lowest BCUT2D eigenvalue weighted by molar-refractivity contribution is 0.0695. The first-order valence-corrected chi connectivity index (χ1v) is 4.02. The molecule has 0 amide bonds. The molecule has 0 fully saturated rings. The van der Waals surface area contributed by atoms with E-state index < -0.39 is 11.9 Å². The number of carbonyl (C=O) groups is 2. The van der Waals surface area contributed by atoms with E-state index in [-0.39, 0.29) is 11.1 Å². The Hall–Kier alpha value is -1.84. The van der Waals surface area contributed by atoms with Crippen LogP contribution in [-0.4, -0.2) is 22.2 Å². The van der Waals surface area contributed by atoms with Crippen molar-refractivity contribution in [1.29, 1.82) is 0 Å². The summed E-state index contributed by atoms with van der Waals surface area (Å²) in [6.07, 6.45) is 0. The van der Waals surface area contributed by atoms with E-state index in [2.05, 4.69) is 0 Å². The molecule has 2 N–H and O–H groups in total. The van der Waals surface area contributed by atoms with E-state index in [1.807, 2.05) is 0 Å². The topological polar surface area (TPSA) is 74.6 Å². The van der Waals surface area contributed by atoms with Gasteiger partial charge in [0.25, 0.3) is 0 Å². The highest BCUT2D eigenvalue weighted by Gasteiger charge is 2.16. The molecule has 0 saturated carbocycles. The lowest BCUT2D eigenvalue weighted by Gasteiger charge is -2.07. The summed E-state index contributed by atoms with van der Waals surface area (Å²) in [5, 5.41) is 17.6. The Labute approximate surface area is 80.8 Å². The second-order valence-corrected chi connectivity index (χ2v) is 3.04. The molecule has 0 radical (unpaired) electrons. The quantitative estimate of drug-likeness (QED) is 0.751. The SMILES string of the molecule is Cc1ccc(C(=O)O)c(C)c1C(=O)O.